The van der Waals surface area contributed by atoms with Gasteiger partial charge in [0.05, 0.1) is 6.04 Å². The zero-order valence-corrected chi connectivity index (χ0v) is 10.5. The molecule has 18 heavy (non-hydrogen) atoms. The van der Waals surface area contributed by atoms with Crippen molar-refractivity contribution in [2.75, 3.05) is 0 Å². The Labute approximate surface area is 109 Å². The van der Waals surface area contributed by atoms with E-state index < -0.39 is 17.7 Å². The van der Waals surface area contributed by atoms with Crippen LogP contribution in [-0.4, -0.2) is 0 Å². The molecule has 1 nitrogen and oxygen atoms in total. The third kappa shape index (κ3) is 2.52. The lowest BCUT2D eigenvalue weighted by atomic mass is 9.98. The molecule has 1 unspecified atom stereocenters. The Bertz CT molecular complexity index is 584. The topological polar surface area (TPSA) is 26.0 Å². The lowest BCUT2D eigenvalue weighted by Crippen LogP contribution is -2.13. The summed E-state index contributed by atoms with van der Waals surface area (Å²) in [7, 11) is 0. The van der Waals surface area contributed by atoms with Gasteiger partial charge in [-0.3, -0.25) is 0 Å². The average Bonchev–Trinajstić information content (AvgIpc) is 2.33. The van der Waals surface area contributed by atoms with Crippen LogP contribution in [0.2, 0.25) is 5.02 Å². The third-order valence-electron chi connectivity index (χ3n) is 2.78. The van der Waals surface area contributed by atoms with E-state index in [9.17, 15) is 8.78 Å². The molecule has 0 saturated carbocycles. The summed E-state index contributed by atoms with van der Waals surface area (Å²) in [4.78, 5) is 0. The maximum atomic E-state index is 13.2. The van der Waals surface area contributed by atoms with Gasteiger partial charge in [-0.25, -0.2) is 8.78 Å². The number of rotatable bonds is 2. The van der Waals surface area contributed by atoms with Crippen LogP contribution in [0.25, 0.3) is 0 Å². The summed E-state index contributed by atoms with van der Waals surface area (Å²) in [5.74, 6) is -1.92. The van der Waals surface area contributed by atoms with Crippen LogP contribution in [0.5, 0.6) is 0 Å². The van der Waals surface area contributed by atoms with E-state index in [0.717, 1.165) is 23.3 Å². The lowest BCUT2D eigenvalue weighted by molar-refractivity contribution is 0.506. The van der Waals surface area contributed by atoms with Gasteiger partial charge in [-0.2, -0.15) is 0 Å². The first kappa shape index (κ1) is 13.0. The molecule has 0 spiro atoms. The number of benzene rings is 2. The summed E-state index contributed by atoms with van der Waals surface area (Å²) in [5.41, 5.74) is 8.26. The maximum absolute atomic E-state index is 13.2. The number of halogens is 3. The van der Waals surface area contributed by atoms with E-state index in [0.29, 0.717) is 5.56 Å². The van der Waals surface area contributed by atoms with Crippen molar-refractivity contribution in [3.63, 3.8) is 0 Å². The monoisotopic (exact) mass is 267 g/mol. The molecule has 0 aliphatic rings. The molecule has 4 heteroatoms. The fourth-order valence-corrected chi connectivity index (χ4v) is 2.09. The molecule has 0 fully saturated rings. The van der Waals surface area contributed by atoms with Crippen molar-refractivity contribution >= 4 is 11.6 Å². The largest absolute Gasteiger partial charge is 0.320 e. The van der Waals surface area contributed by atoms with E-state index in [1.54, 1.807) is 0 Å². The molecule has 0 aliphatic carbocycles. The second-order valence-corrected chi connectivity index (χ2v) is 4.59. The van der Waals surface area contributed by atoms with Crippen molar-refractivity contribution in [1.29, 1.82) is 0 Å². The van der Waals surface area contributed by atoms with Gasteiger partial charge in [0.15, 0.2) is 11.6 Å². The van der Waals surface area contributed by atoms with Crippen LogP contribution in [-0.2, 0) is 0 Å². The zero-order chi connectivity index (χ0) is 13.3. The van der Waals surface area contributed by atoms with Crippen LogP contribution < -0.4 is 5.73 Å². The SMILES string of the molecule is Cc1cccc(C(N)c2cc(F)c(F)cc2Cl)c1. The molecule has 0 bridgehead atoms. The van der Waals surface area contributed by atoms with Gasteiger partial charge >= 0.3 is 0 Å². The van der Waals surface area contributed by atoms with Gasteiger partial charge in [0.25, 0.3) is 0 Å². The molecule has 1 atom stereocenters. The Hall–Kier alpha value is -1.45. The second-order valence-electron chi connectivity index (χ2n) is 4.18. The number of nitrogens with two attached hydrogens (primary N) is 1. The molecule has 2 aromatic carbocycles. The molecule has 0 aromatic heterocycles. The molecular weight excluding hydrogens is 256 g/mol. The van der Waals surface area contributed by atoms with Crippen molar-refractivity contribution in [2.24, 2.45) is 5.73 Å². The Morgan fingerprint density at radius 1 is 1.11 bits per heavy atom. The highest BCUT2D eigenvalue weighted by Crippen LogP contribution is 2.28. The molecule has 0 heterocycles. The number of aryl methyl sites for hydroxylation is 1. The van der Waals surface area contributed by atoms with Gasteiger partial charge in [0, 0.05) is 5.02 Å². The fourth-order valence-electron chi connectivity index (χ4n) is 1.82. The van der Waals surface area contributed by atoms with Gasteiger partial charge in [0.2, 0.25) is 0 Å². The summed E-state index contributed by atoms with van der Waals surface area (Å²) < 4.78 is 26.2. The first-order valence-electron chi connectivity index (χ1n) is 5.45. The quantitative estimate of drug-likeness (QED) is 0.819. The molecule has 94 valence electrons. The van der Waals surface area contributed by atoms with Crippen LogP contribution in [0.3, 0.4) is 0 Å². The van der Waals surface area contributed by atoms with Gasteiger partial charge in [0.1, 0.15) is 0 Å². The predicted octanol–water partition coefficient (Wildman–Crippen LogP) is 3.97. The van der Waals surface area contributed by atoms with E-state index in [4.69, 9.17) is 17.3 Å². The summed E-state index contributed by atoms with van der Waals surface area (Å²) >= 11 is 5.90. The Kier molecular flexibility index (Phi) is 3.64. The fraction of sp³-hybridized carbons (Fsp3) is 0.143. The smallest absolute Gasteiger partial charge is 0.160 e. The minimum Gasteiger partial charge on any atom is -0.320 e. The van der Waals surface area contributed by atoms with Crippen molar-refractivity contribution < 1.29 is 8.78 Å². The Balaban J connectivity index is 2.46. The molecule has 2 rings (SSSR count). The van der Waals surface area contributed by atoms with Crippen molar-refractivity contribution in [2.45, 2.75) is 13.0 Å². The first-order valence-corrected chi connectivity index (χ1v) is 5.83. The van der Waals surface area contributed by atoms with Gasteiger partial charge in [-0.05, 0) is 30.2 Å². The summed E-state index contributed by atoms with van der Waals surface area (Å²) in [6, 6.07) is 8.93. The van der Waals surface area contributed by atoms with Crippen LogP contribution in [0.1, 0.15) is 22.7 Å². The molecule has 2 aromatic rings. The van der Waals surface area contributed by atoms with Crippen molar-refractivity contribution in [3.05, 3.63) is 69.7 Å². The minimum absolute atomic E-state index is 0.128. The molecular formula is C14H12ClF2N. The minimum atomic E-state index is -0.972. The van der Waals surface area contributed by atoms with E-state index in [-0.39, 0.29) is 5.02 Å². The van der Waals surface area contributed by atoms with Gasteiger partial charge in [-0.1, -0.05) is 41.4 Å². The van der Waals surface area contributed by atoms with Crippen molar-refractivity contribution in [1.82, 2.24) is 0 Å². The molecule has 2 N–H and O–H groups in total. The van der Waals surface area contributed by atoms with E-state index in [1.807, 2.05) is 31.2 Å². The number of hydrogen-bond acceptors (Lipinski definition) is 1. The maximum Gasteiger partial charge on any atom is 0.160 e. The van der Waals surface area contributed by atoms with Gasteiger partial charge < -0.3 is 5.73 Å². The standard InChI is InChI=1S/C14H12ClF2N/c1-8-3-2-4-9(5-8)14(18)10-6-12(16)13(17)7-11(10)15/h2-7,14H,18H2,1H3. The normalized spacial score (nSPS) is 12.5. The highest BCUT2D eigenvalue weighted by atomic mass is 35.5. The highest BCUT2D eigenvalue weighted by molar-refractivity contribution is 6.31. The zero-order valence-electron chi connectivity index (χ0n) is 9.75. The Morgan fingerprint density at radius 2 is 1.78 bits per heavy atom. The highest BCUT2D eigenvalue weighted by Gasteiger charge is 2.16. The second kappa shape index (κ2) is 5.04. The van der Waals surface area contributed by atoms with Crippen LogP contribution in [0.4, 0.5) is 8.78 Å². The van der Waals surface area contributed by atoms with E-state index in [1.165, 1.54) is 0 Å². The molecule has 0 amide bonds. The molecule has 0 aliphatic heterocycles. The summed E-state index contributed by atoms with van der Waals surface area (Å²) in [6.07, 6.45) is 0. The van der Waals surface area contributed by atoms with E-state index in [2.05, 4.69) is 0 Å². The summed E-state index contributed by atoms with van der Waals surface area (Å²) in [5, 5.41) is 0.128. The molecule has 0 saturated heterocycles. The van der Waals surface area contributed by atoms with E-state index >= 15 is 0 Å². The molecule has 0 radical (unpaired) electrons. The van der Waals surface area contributed by atoms with Crippen molar-refractivity contribution in [3.8, 4) is 0 Å². The summed E-state index contributed by atoms with van der Waals surface area (Å²) in [6.45, 7) is 1.93. The first-order chi connectivity index (χ1) is 8.49. The number of hydrogen-bond donors (Lipinski definition) is 1. The van der Waals surface area contributed by atoms with Crippen LogP contribution >= 0.6 is 11.6 Å². The lowest BCUT2D eigenvalue weighted by Gasteiger charge is -2.15. The van der Waals surface area contributed by atoms with Gasteiger partial charge in [-0.15, -0.1) is 0 Å². The Morgan fingerprint density at radius 3 is 2.44 bits per heavy atom. The average molecular weight is 268 g/mol. The van der Waals surface area contributed by atoms with Crippen LogP contribution in [0.15, 0.2) is 36.4 Å². The third-order valence-corrected chi connectivity index (χ3v) is 3.10. The van der Waals surface area contributed by atoms with Crippen LogP contribution in [0, 0.1) is 18.6 Å². The predicted molar refractivity (Wildman–Crippen MR) is 68.6 cm³/mol.